The van der Waals surface area contributed by atoms with Gasteiger partial charge in [0.2, 0.25) is 0 Å². The van der Waals surface area contributed by atoms with E-state index in [0.717, 1.165) is 13.1 Å². The Bertz CT molecular complexity index is 419. The van der Waals surface area contributed by atoms with Crippen molar-refractivity contribution >= 4 is 6.08 Å². The zero-order valence-electron chi connectivity index (χ0n) is 11.2. The van der Waals surface area contributed by atoms with Crippen molar-refractivity contribution in [2.24, 2.45) is 0 Å². The molecule has 0 fully saturated rings. The maximum atomic E-state index is 12.2. The first-order valence-electron chi connectivity index (χ1n) is 6.24. The second kappa shape index (κ2) is 8.60. The van der Waals surface area contributed by atoms with Crippen LogP contribution < -0.4 is 10.1 Å². The molecule has 1 aromatic rings. The number of halogens is 3. The lowest BCUT2D eigenvalue weighted by molar-refractivity contribution is -0.274. The average Bonchev–Trinajstić information content (AvgIpc) is 2.38. The summed E-state index contributed by atoms with van der Waals surface area (Å²) < 4.78 is 45.5. The van der Waals surface area contributed by atoms with Gasteiger partial charge in [-0.05, 0) is 19.0 Å². The number of hydrogen-bond acceptors (Lipinski definition) is 3. The van der Waals surface area contributed by atoms with Crippen molar-refractivity contribution in [2.75, 3.05) is 26.8 Å². The van der Waals surface area contributed by atoms with Crippen molar-refractivity contribution in [2.45, 2.75) is 12.8 Å². The van der Waals surface area contributed by atoms with Crippen molar-refractivity contribution in [1.82, 2.24) is 5.32 Å². The molecule has 0 radical (unpaired) electrons. The number of alkyl halides is 3. The van der Waals surface area contributed by atoms with Crippen molar-refractivity contribution in [1.29, 1.82) is 0 Å². The van der Waals surface area contributed by atoms with Crippen LogP contribution in [0.4, 0.5) is 13.2 Å². The third kappa shape index (κ3) is 7.16. The molecule has 0 heterocycles. The van der Waals surface area contributed by atoms with Gasteiger partial charge in [0.1, 0.15) is 5.75 Å². The highest BCUT2D eigenvalue weighted by atomic mass is 19.4. The van der Waals surface area contributed by atoms with Gasteiger partial charge in [0.15, 0.2) is 0 Å². The lowest BCUT2D eigenvalue weighted by Gasteiger charge is -2.11. The average molecular weight is 289 g/mol. The fourth-order valence-corrected chi connectivity index (χ4v) is 1.53. The number of ether oxygens (including phenoxy) is 2. The zero-order valence-corrected chi connectivity index (χ0v) is 11.2. The molecule has 20 heavy (non-hydrogen) atoms. The van der Waals surface area contributed by atoms with Crippen LogP contribution in [0.5, 0.6) is 5.75 Å². The molecule has 0 atom stereocenters. The molecule has 0 amide bonds. The molecule has 0 aromatic heterocycles. The van der Waals surface area contributed by atoms with Gasteiger partial charge >= 0.3 is 6.36 Å². The molecule has 1 aromatic carbocycles. The summed E-state index contributed by atoms with van der Waals surface area (Å²) in [7, 11) is 1.62. The van der Waals surface area contributed by atoms with E-state index in [4.69, 9.17) is 4.74 Å². The normalized spacial score (nSPS) is 12.0. The van der Waals surface area contributed by atoms with Crippen molar-refractivity contribution in [3.05, 3.63) is 35.9 Å². The molecule has 1 N–H and O–H groups in total. The Labute approximate surface area is 116 Å². The van der Waals surface area contributed by atoms with Crippen LogP contribution in [0.2, 0.25) is 0 Å². The molecule has 0 bridgehead atoms. The van der Waals surface area contributed by atoms with E-state index in [2.05, 4.69) is 10.1 Å². The van der Waals surface area contributed by atoms with E-state index in [-0.39, 0.29) is 5.75 Å². The second-order valence-corrected chi connectivity index (χ2v) is 4.02. The van der Waals surface area contributed by atoms with E-state index in [0.29, 0.717) is 18.6 Å². The summed E-state index contributed by atoms with van der Waals surface area (Å²) in [4.78, 5) is 0. The second-order valence-electron chi connectivity index (χ2n) is 4.02. The van der Waals surface area contributed by atoms with E-state index < -0.39 is 6.36 Å². The number of benzene rings is 1. The molecule has 0 saturated heterocycles. The van der Waals surface area contributed by atoms with Crippen LogP contribution in [0, 0.1) is 0 Å². The van der Waals surface area contributed by atoms with E-state index in [1.54, 1.807) is 31.4 Å². The molecule has 3 nitrogen and oxygen atoms in total. The minimum Gasteiger partial charge on any atom is -0.405 e. The Hall–Kier alpha value is -1.53. The van der Waals surface area contributed by atoms with Crippen molar-refractivity contribution < 1.29 is 22.6 Å². The van der Waals surface area contributed by atoms with Gasteiger partial charge < -0.3 is 14.8 Å². The molecule has 0 saturated carbocycles. The van der Waals surface area contributed by atoms with Gasteiger partial charge in [-0.15, -0.1) is 13.2 Å². The van der Waals surface area contributed by atoms with Gasteiger partial charge in [0.25, 0.3) is 0 Å². The molecular weight excluding hydrogens is 271 g/mol. The van der Waals surface area contributed by atoms with E-state index in [1.165, 1.54) is 12.1 Å². The van der Waals surface area contributed by atoms with Crippen molar-refractivity contribution in [3.8, 4) is 5.75 Å². The van der Waals surface area contributed by atoms with Crippen LogP contribution in [0.25, 0.3) is 6.08 Å². The van der Waals surface area contributed by atoms with Gasteiger partial charge in [-0.2, -0.15) is 0 Å². The standard InChI is InChI=1S/C14H18F3NO2/c1-19-11-10-18-9-5-4-7-12-6-2-3-8-13(12)20-14(15,16)17/h2-4,6-8,18H,5,9-11H2,1H3. The molecule has 0 aliphatic rings. The number of nitrogens with one attached hydrogen (secondary N) is 1. The van der Waals surface area contributed by atoms with Crippen LogP contribution in [0.15, 0.2) is 30.3 Å². The first kappa shape index (κ1) is 16.5. The van der Waals surface area contributed by atoms with Gasteiger partial charge in [0, 0.05) is 19.2 Å². The zero-order chi connectivity index (χ0) is 14.8. The Morgan fingerprint density at radius 1 is 1.20 bits per heavy atom. The summed E-state index contributed by atoms with van der Waals surface area (Å²) in [6.07, 6.45) is -0.535. The van der Waals surface area contributed by atoms with Crippen LogP contribution in [-0.4, -0.2) is 33.2 Å². The predicted molar refractivity (Wildman–Crippen MR) is 71.5 cm³/mol. The highest BCUT2D eigenvalue weighted by Crippen LogP contribution is 2.26. The molecule has 0 aliphatic heterocycles. The lowest BCUT2D eigenvalue weighted by Crippen LogP contribution is -2.19. The molecule has 0 aliphatic carbocycles. The Kier molecular flexibility index (Phi) is 7.11. The topological polar surface area (TPSA) is 30.5 Å². The van der Waals surface area contributed by atoms with E-state index in [1.807, 2.05) is 0 Å². The molecule has 6 heteroatoms. The monoisotopic (exact) mass is 289 g/mol. The SMILES string of the molecule is COCCNCCC=Cc1ccccc1OC(F)(F)F. The summed E-state index contributed by atoms with van der Waals surface area (Å²) in [6.45, 7) is 2.12. The predicted octanol–water partition coefficient (Wildman–Crippen LogP) is 3.22. The Morgan fingerprint density at radius 2 is 1.95 bits per heavy atom. The first-order valence-corrected chi connectivity index (χ1v) is 6.24. The molecule has 1 rings (SSSR count). The van der Waals surface area contributed by atoms with Crippen LogP contribution in [-0.2, 0) is 4.74 Å². The summed E-state index contributed by atoms with van der Waals surface area (Å²) in [5.41, 5.74) is 0.404. The van der Waals surface area contributed by atoms with E-state index >= 15 is 0 Å². The smallest absolute Gasteiger partial charge is 0.405 e. The van der Waals surface area contributed by atoms with Gasteiger partial charge in [-0.25, -0.2) is 0 Å². The number of rotatable bonds is 8. The quantitative estimate of drug-likeness (QED) is 0.745. The fourth-order valence-electron chi connectivity index (χ4n) is 1.53. The molecular formula is C14H18F3NO2. The third-order valence-electron chi connectivity index (χ3n) is 2.41. The summed E-state index contributed by atoms with van der Waals surface area (Å²) in [6, 6.07) is 6.05. The van der Waals surface area contributed by atoms with Crippen LogP contribution in [0.3, 0.4) is 0 Å². The number of para-hydroxylation sites is 1. The molecule has 112 valence electrons. The minimum absolute atomic E-state index is 0.191. The largest absolute Gasteiger partial charge is 0.573 e. The molecule has 0 spiro atoms. The van der Waals surface area contributed by atoms with Crippen LogP contribution in [0.1, 0.15) is 12.0 Å². The first-order chi connectivity index (χ1) is 9.53. The van der Waals surface area contributed by atoms with Gasteiger partial charge in [0.05, 0.1) is 6.61 Å². The lowest BCUT2D eigenvalue weighted by atomic mass is 10.2. The summed E-state index contributed by atoms with van der Waals surface area (Å²) >= 11 is 0. The summed E-state index contributed by atoms with van der Waals surface area (Å²) in [5, 5.41) is 3.14. The third-order valence-corrected chi connectivity index (χ3v) is 2.41. The highest BCUT2D eigenvalue weighted by molar-refractivity contribution is 5.57. The van der Waals surface area contributed by atoms with Gasteiger partial charge in [-0.1, -0.05) is 30.4 Å². The Morgan fingerprint density at radius 3 is 2.65 bits per heavy atom. The number of hydrogen-bond donors (Lipinski definition) is 1. The van der Waals surface area contributed by atoms with E-state index in [9.17, 15) is 13.2 Å². The van der Waals surface area contributed by atoms with Crippen molar-refractivity contribution in [3.63, 3.8) is 0 Å². The maximum absolute atomic E-state index is 12.2. The molecule has 0 unspecified atom stereocenters. The minimum atomic E-state index is -4.67. The maximum Gasteiger partial charge on any atom is 0.573 e. The highest BCUT2D eigenvalue weighted by Gasteiger charge is 2.31. The van der Waals surface area contributed by atoms with Crippen LogP contribution >= 0.6 is 0 Å². The Balaban J connectivity index is 2.46. The van der Waals surface area contributed by atoms with Gasteiger partial charge in [-0.3, -0.25) is 0 Å². The summed E-state index contributed by atoms with van der Waals surface area (Å²) in [5.74, 6) is -0.191. The fraction of sp³-hybridized carbons (Fsp3) is 0.429. The number of methoxy groups -OCH3 is 1.